The number of halogens is 3. The van der Waals surface area contributed by atoms with Crippen molar-refractivity contribution in [3.8, 4) is 6.07 Å². The quantitative estimate of drug-likeness (QED) is 0.483. The lowest BCUT2D eigenvalue weighted by molar-refractivity contribution is 0.602. The van der Waals surface area contributed by atoms with Gasteiger partial charge in [0.05, 0.1) is 33.2 Å². The first-order valence-corrected chi connectivity index (χ1v) is 9.99. The number of benzene rings is 2. The molecule has 27 heavy (non-hydrogen) atoms. The van der Waals surface area contributed by atoms with Gasteiger partial charge < -0.3 is 9.47 Å². The monoisotopic (exact) mass is 418 g/mol. The Bertz CT molecular complexity index is 1070. The van der Waals surface area contributed by atoms with Gasteiger partial charge in [0.25, 0.3) is 0 Å². The average Bonchev–Trinajstić information content (AvgIpc) is 3.05. The second-order valence-corrected chi connectivity index (χ2v) is 7.84. The molecule has 138 valence electrons. The van der Waals surface area contributed by atoms with Crippen molar-refractivity contribution in [1.29, 1.82) is 5.26 Å². The van der Waals surface area contributed by atoms with Crippen LogP contribution in [0, 0.1) is 11.3 Å². The minimum atomic E-state index is -0.194. The van der Waals surface area contributed by atoms with Crippen molar-refractivity contribution in [2.24, 2.45) is 0 Å². The molecule has 1 aliphatic rings. The van der Waals surface area contributed by atoms with Crippen molar-refractivity contribution in [1.82, 2.24) is 9.55 Å². The van der Waals surface area contributed by atoms with Crippen molar-refractivity contribution in [3.63, 3.8) is 0 Å². The van der Waals surface area contributed by atoms with Gasteiger partial charge in [-0.2, -0.15) is 5.26 Å². The Morgan fingerprint density at radius 2 is 1.96 bits per heavy atom. The Morgan fingerprint density at radius 1 is 1.15 bits per heavy atom. The Kier molecular flexibility index (Phi) is 4.94. The molecular formula is C20H17Cl3N4. The summed E-state index contributed by atoms with van der Waals surface area (Å²) in [6.45, 7) is 3.64. The molecule has 1 aliphatic heterocycles. The predicted molar refractivity (Wildman–Crippen MR) is 111 cm³/mol. The third-order valence-electron chi connectivity index (χ3n) is 5.00. The van der Waals surface area contributed by atoms with Crippen molar-refractivity contribution in [2.75, 3.05) is 11.4 Å². The number of rotatable bonds is 3. The zero-order valence-electron chi connectivity index (χ0n) is 14.7. The number of fused-ring (bicyclic) bond motifs is 3. The fourth-order valence-corrected chi connectivity index (χ4v) is 4.42. The van der Waals surface area contributed by atoms with E-state index in [0.717, 1.165) is 54.2 Å². The normalized spacial score (nSPS) is 14.9. The summed E-state index contributed by atoms with van der Waals surface area (Å²) in [6, 6.07) is 11.7. The lowest BCUT2D eigenvalue weighted by atomic mass is 9.96. The van der Waals surface area contributed by atoms with Crippen molar-refractivity contribution in [3.05, 3.63) is 51.0 Å². The van der Waals surface area contributed by atoms with Crippen LogP contribution in [0.5, 0.6) is 0 Å². The first-order chi connectivity index (χ1) is 13.0. The molecule has 2 aromatic carbocycles. The summed E-state index contributed by atoms with van der Waals surface area (Å²) in [6.07, 6.45) is 1.67. The zero-order valence-corrected chi connectivity index (χ0v) is 17.0. The van der Waals surface area contributed by atoms with Crippen LogP contribution in [0.25, 0.3) is 11.0 Å². The lowest BCUT2D eigenvalue weighted by Crippen LogP contribution is -2.28. The van der Waals surface area contributed by atoms with Crippen molar-refractivity contribution < 1.29 is 0 Å². The maximum atomic E-state index is 9.59. The van der Waals surface area contributed by atoms with Crippen LogP contribution in [0.3, 0.4) is 0 Å². The molecule has 0 radical (unpaired) electrons. The van der Waals surface area contributed by atoms with Gasteiger partial charge in [-0.3, -0.25) is 0 Å². The maximum absolute atomic E-state index is 9.59. The molecule has 0 fully saturated rings. The van der Waals surface area contributed by atoms with E-state index in [-0.39, 0.29) is 5.92 Å². The molecule has 1 aromatic heterocycles. The average molecular weight is 420 g/mol. The van der Waals surface area contributed by atoms with E-state index in [0.29, 0.717) is 15.1 Å². The highest BCUT2D eigenvalue weighted by Gasteiger charge is 2.27. The van der Waals surface area contributed by atoms with Crippen LogP contribution < -0.4 is 4.90 Å². The van der Waals surface area contributed by atoms with Crippen LogP contribution in [0.2, 0.25) is 15.1 Å². The molecule has 0 saturated heterocycles. The molecule has 1 atom stereocenters. The summed E-state index contributed by atoms with van der Waals surface area (Å²) in [5.41, 5.74) is 3.51. The molecule has 3 aromatic rings. The van der Waals surface area contributed by atoms with Crippen LogP contribution >= 0.6 is 34.8 Å². The molecule has 1 unspecified atom stereocenters. The third-order valence-corrected chi connectivity index (χ3v) is 5.84. The Balaban J connectivity index is 1.96. The standard InChI is InChI=1S/C20H17Cl3N4/c1-2-12(11-24)14-5-6-15(22)18-19(14)27-9-3-8-26(20(27)25-18)17-7-4-13(21)10-16(17)23/h4-7,10,12H,2-3,8-9H2,1H3. The number of aryl methyl sites for hydroxylation is 1. The number of nitriles is 1. The number of anilines is 2. The lowest BCUT2D eigenvalue weighted by Gasteiger charge is -2.30. The van der Waals surface area contributed by atoms with Crippen molar-refractivity contribution in [2.45, 2.75) is 32.2 Å². The van der Waals surface area contributed by atoms with Gasteiger partial charge in [-0.05, 0) is 42.7 Å². The van der Waals surface area contributed by atoms with E-state index in [1.54, 1.807) is 6.07 Å². The number of hydrogen-bond acceptors (Lipinski definition) is 3. The maximum Gasteiger partial charge on any atom is 0.211 e. The molecule has 4 nitrogen and oxygen atoms in total. The van der Waals surface area contributed by atoms with Crippen LogP contribution in [0.15, 0.2) is 30.3 Å². The highest BCUT2D eigenvalue weighted by molar-refractivity contribution is 6.36. The van der Waals surface area contributed by atoms with E-state index in [4.69, 9.17) is 39.8 Å². The van der Waals surface area contributed by atoms with E-state index in [9.17, 15) is 5.26 Å². The van der Waals surface area contributed by atoms with Crippen LogP contribution in [0.4, 0.5) is 11.6 Å². The minimum absolute atomic E-state index is 0.194. The van der Waals surface area contributed by atoms with Crippen LogP contribution in [-0.4, -0.2) is 16.1 Å². The second-order valence-electron chi connectivity index (χ2n) is 6.59. The summed E-state index contributed by atoms with van der Waals surface area (Å²) in [4.78, 5) is 6.93. The number of aromatic nitrogens is 2. The number of hydrogen-bond donors (Lipinski definition) is 0. The summed E-state index contributed by atoms with van der Waals surface area (Å²) in [7, 11) is 0. The molecule has 0 amide bonds. The van der Waals surface area contributed by atoms with Gasteiger partial charge in [-0.15, -0.1) is 0 Å². The molecule has 4 rings (SSSR count). The van der Waals surface area contributed by atoms with Gasteiger partial charge >= 0.3 is 0 Å². The van der Waals surface area contributed by atoms with Gasteiger partial charge in [0.1, 0.15) is 5.52 Å². The Labute approximate surface area is 172 Å². The van der Waals surface area contributed by atoms with Gasteiger partial charge in [0.2, 0.25) is 5.95 Å². The highest BCUT2D eigenvalue weighted by Crippen LogP contribution is 2.40. The molecular weight excluding hydrogens is 403 g/mol. The van der Waals surface area contributed by atoms with Gasteiger partial charge in [-0.1, -0.05) is 47.8 Å². The molecule has 2 heterocycles. The van der Waals surface area contributed by atoms with E-state index in [1.807, 2.05) is 31.2 Å². The molecule has 7 heteroatoms. The van der Waals surface area contributed by atoms with Gasteiger partial charge in [0, 0.05) is 18.1 Å². The predicted octanol–water partition coefficient (Wildman–Crippen LogP) is 6.56. The van der Waals surface area contributed by atoms with E-state index < -0.39 is 0 Å². The fourth-order valence-electron chi connectivity index (χ4n) is 3.72. The SMILES string of the molecule is CCC(C#N)c1ccc(Cl)c2nc3n(c12)CCCN3c1ccc(Cl)cc1Cl. The fraction of sp³-hybridized carbons (Fsp3) is 0.300. The molecule has 0 spiro atoms. The van der Waals surface area contributed by atoms with Gasteiger partial charge in [0.15, 0.2) is 0 Å². The summed E-state index contributed by atoms with van der Waals surface area (Å²) in [5.74, 6) is 0.600. The van der Waals surface area contributed by atoms with Crippen molar-refractivity contribution >= 4 is 57.5 Å². The minimum Gasteiger partial charge on any atom is -0.310 e. The largest absolute Gasteiger partial charge is 0.310 e. The molecule has 0 aliphatic carbocycles. The first-order valence-electron chi connectivity index (χ1n) is 8.86. The molecule has 0 bridgehead atoms. The first kappa shape index (κ1) is 18.4. The summed E-state index contributed by atoms with van der Waals surface area (Å²) in [5, 5.41) is 11.4. The second kappa shape index (κ2) is 7.24. The molecule has 0 N–H and O–H groups in total. The summed E-state index contributed by atoms with van der Waals surface area (Å²) < 4.78 is 2.16. The van der Waals surface area contributed by atoms with E-state index in [1.165, 1.54) is 0 Å². The van der Waals surface area contributed by atoms with E-state index in [2.05, 4.69) is 15.5 Å². The third kappa shape index (κ3) is 3.04. The number of nitrogens with zero attached hydrogens (tertiary/aromatic N) is 4. The topological polar surface area (TPSA) is 44.9 Å². The highest BCUT2D eigenvalue weighted by atomic mass is 35.5. The number of imidazole rings is 1. The van der Waals surface area contributed by atoms with Gasteiger partial charge in [-0.25, -0.2) is 4.98 Å². The molecule has 0 saturated carbocycles. The summed E-state index contributed by atoms with van der Waals surface area (Å²) >= 11 is 19.0. The van der Waals surface area contributed by atoms with Crippen LogP contribution in [0.1, 0.15) is 31.2 Å². The Hall–Kier alpha value is -1.93. The Morgan fingerprint density at radius 3 is 2.67 bits per heavy atom. The van der Waals surface area contributed by atoms with Crippen LogP contribution in [-0.2, 0) is 6.54 Å². The smallest absolute Gasteiger partial charge is 0.211 e. The van der Waals surface area contributed by atoms with E-state index >= 15 is 0 Å². The zero-order chi connectivity index (χ0) is 19.1.